The number of aliphatic hydroxyl groups excluding tert-OH is 1. The Morgan fingerprint density at radius 2 is 1.97 bits per heavy atom. The number of esters is 1. The van der Waals surface area contributed by atoms with Crippen LogP contribution in [0.3, 0.4) is 0 Å². The molecule has 2 bridgehead atoms. The number of nitrogens with zero attached hydrogens (tertiary/aromatic N) is 2. The molecular formula is C31H50N2O6. The molecule has 3 saturated heterocycles. The highest BCUT2D eigenvalue weighted by Crippen LogP contribution is 2.65. The van der Waals surface area contributed by atoms with Crippen LogP contribution in [0.25, 0.3) is 0 Å². The topological polar surface area (TPSA) is 96.4 Å². The molecule has 0 aromatic carbocycles. The third-order valence-corrected chi connectivity index (χ3v) is 9.08. The van der Waals surface area contributed by atoms with Crippen molar-refractivity contribution in [3.63, 3.8) is 0 Å². The molecule has 0 aliphatic carbocycles. The molecule has 3 heterocycles. The van der Waals surface area contributed by atoms with E-state index in [-0.39, 0.29) is 36.9 Å². The highest BCUT2D eigenvalue weighted by atomic mass is 16.6. The van der Waals surface area contributed by atoms with Crippen LogP contribution in [-0.4, -0.2) is 82.3 Å². The summed E-state index contributed by atoms with van der Waals surface area (Å²) in [5.41, 5.74) is -2.07. The number of ether oxygens (including phenoxy) is 2. The first-order valence-electron chi connectivity index (χ1n) is 14.8. The molecule has 0 saturated carbocycles. The molecule has 3 unspecified atom stereocenters. The van der Waals surface area contributed by atoms with Gasteiger partial charge in [0.15, 0.2) is 0 Å². The van der Waals surface area contributed by atoms with Gasteiger partial charge < -0.3 is 24.4 Å². The van der Waals surface area contributed by atoms with Crippen molar-refractivity contribution >= 4 is 17.8 Å². The van der Waals surface area contributed by atoms with Gasteiger partial charge in [-0.25, -0.2) is 0 Å². The van der Waals surface area contributed by atoms with Crippen molar-refractivity contribution in [2.24, 2.45) is 23.7 Å². The number of carbonyl (C=O) groups is 3. The number of likely N-dealkylation sites (tertiary alicyclic amines) is 1. The Morgan fingerprint density at radius 3 is 2.56 bits per heavy atom. The van der Waals surface area contributed by atoms with E-state index in [2.05, 4.69) is 20.1 Å². The smallest absolute Gasteiger partial charge is 0.312 e. The number of aliphatic hydroxyl groups is 1. The van der Waals surface area contributed by atoms with E-state index in [4.69, 9.17) is 9.47 Å². The summed E-state index contributed by atoms with van der Waals surface area (Å²) in [6, 6.07) is -1.47. The van der Waals surface area contributed by atoms with Crippen LogP contribution in [0.2, 0.25) is 0 Å². The summed E-state index contributed by atoms with van der Waals surface area (Å²) >= 11 is 0. The van der Waals surface area contributed by atoms with Crippen molar-refractivity contribution in [1.29, 1.82) is 0 Å². The quantitative estimate of drug-likeness (QED) is 0.178. The maximum absolute atomic E-state index is 14.4. The van der Waals surface area contributed by atoms with Crippen molar-refractivity contribution in [3.05, 3.63) is 25.3 Å². The van der Waals surface area contributed by atoms with Crippen LogP contribution in [0.15, 0.2) is 25.3 Å². The molecule has 220 valence electrons. The molecule has 0 radical (unpaired) electrons. The molecule has 1 spiro atoms. The summed E-state index contributed by atoms with van der Waals surface area (Å²) in [5.74, 6) is -2.45. The second-order valence-electron chi connectivity index (χ2n) is 12.3. The maximum Gasteiger partial charge on any atom is 0.312 e. The molecule has 1 N–H and O–H groups in total. The Morgan fingerprint density at radius 1 is 1.26 bits per heavy atom. The van der Waals surface area contributed by atoms with Gasteiger partial charge in [0.05, 0.1) is 30.8 Å². The van der Waals surface area contributed by atoms with Crippen LogP contribution < -0.4 is 0 Å². The predicted octanol–water partition coefficient (Wildman–Crippen LogP) is 4.12. The lowest BCUT2D eigenvalue weighted by molar-refractivity contribution is -0.164. The number of rotatable bonds is 16. The van der Waals surface area contributed by atoms with Gasteiger partial charge >= 0.3 is 5.97 Å². The number of carbonyl (C=O) groups excluding carboxylic acids is 3. The zero-order valence-electron chi connectivity index (χ0n) is 24.7. The first-order valence-corrected chi connectivity index (χ1v) is 14.8. The van der Waals surface area contributed by atoms with Crippen LogP contribution in [0.5, 0.6) is 0 Å². The van der Waals surface area contributed by atoms with E-state index >= 15 is 0 Å². The minimum Gasteiger partial charge on any atom is -0.465 e. The Kier molecular flexibility index (Phi) is 10.4. The lowest BCUT2D eigenvalue weighted by atomic mass is 9.62. The van der Waals surface area contributed by atoms with Crippen LogP contribution in [0, 0.1) is 23.7 Å². The standard InChI is InChI=1S/C31H50N2O6/c1-8-11-13-16-32(15-10-3)28(36)26-31-19-22(6)30(7,39-31)25(29(37)38-17-14-12-9-2)24(31)27(35)33(26)23(20-34)18-21(4)5/h9-10,21-26,34H,2-3,8,11-20H2,1,4-7H3/t22?,23-,24+,25+,26?,30-,31?/m1/s1. The summed E-state index contributed by atoms with van der Waals surface area (Å²) in [6.07, 6.45) is 8.74. The van der Waals surface area contributed by atoms with Crippen molar-refractivity contribution in [1.82, 2.24) is 9.80 Å². The molecule has 0 aromatic rings. The predicted molar refractivity (Wildman–Crippen MR) is 151 cm³/mol. The highest BCUT2D eigenvalue weighted by Gasteiger charge is 2.80. The van der Waals surface area contributed by atoms with E-state index in [1.807, 2.05) is 27.7 Å². The molecule has 0 aromatic heterocycles. The Hall–Kier alpha value is -2.19. The second kappa shape index (κ2) is 13.0. The van der Waals surface area contributed by atoms with Gasteiger partial charge in [0.25, 0.3) is 0 Å². The summed E-state index contributed by atoms with van der Waals surface area (Å²) in [7, 11) is 0. The number of fused-ring (bicyclic) bond motifs is 1. The van der Waals surface area contributed by atoms with Gasteiger partial charge in [0.2, 0.25) is 11.8 Å². The fourth-order valence-electron chi connectivity index (χ4n) is 7.19. The molecule has 8 nitrogen and oxygen atoms in total. The summed E-state index contributed by atoms with van der Waals surface area (Å²) in [6.45, 7) is 18.5. The number of hydrogen-bond acceptors (Lipinski definition) is 6. The van der Waals surface area contributed by atoms with Crippen molar-refractivity contribution in [2.75, 3.05) is 26.3 Å². The molecule has 3 aliphatic heterocycles. The van der Waals surface area contributed by atoms with Crippen LogP contribution in [0.4, 0.5) is 0 Å². The summed E-state index contributed by atoms with van der Waals surface area (Å²) in [5, 5.41) is 10.5. The minimum absolute atomic E-state index is 0.0619. The number of amides is 2. The molecular weight excluding hydrogens is 496 g/mol. The Labute approximate surface area is 234 Å². The maximum atomic E-state index is 14.4. The van der Waals surface area contributed by atoms with E-state index in [9.17, 15) is 19.5 Å². The van der Waals surface area contributed by atoms with Gasteiger partial charge in [-0.05, 0) is 50.9 Å². The minimum atomic E-state index is -1.15. The number of hydrogen-bond donors (Lipinski definition) is 1. The first-order chi connectivity index (χ1) is 18.5. The van der Waals surface area contributed by atoms with Crippen molar-refractivity contribution in [3.8, 4) is 0 Å². The zero-order valence-corrected chi connectivity index (χ0v) is 24.7. The fourth-order valence-corrected chi connectivity index (χ4v) is 7.19. The zero-order chi connectivity index (χ0) is 29.0. The van der Waals surface area contributed by atoms with E-state index in [1.54, 1.807) is 22.0 Å². The molecule has 2 amide bonds. The second-order valence-corrected chi connectivity index (χ2v) is 12.3. The van der Waals surface area contributed by atoms with Gasteiger partial charge in [-0.2, -0.15) is 0 Å². The molecule has 7 atom stereocenters. The molecule has 39 heavy (non-hydrogen) atoms. The largest absolute Gasteiger partial charge is 0.465 e. The van der Waals surface area contributed by atoms with Gasteiger partial charge in [-0.15, -0.1) is 13.2 Å². The molecule has 3 fully saturated rings. The third-order valence-electron chi connectivity index (χ3n) is 9.08. The van der Waals surface area contributed by atoms with E-state index in [1.165, 1.54) is 0 Å². The molecule has 8 heteroatoms. The van der Waals surface area contributed by atoms with Crippen LogP contribution in [-0.2, 0) is 23.9 Å². The first kappa shape index (κ1) is 31.3. The van der Waals surface area contributed by atoms with E-state index in [0.717, 1.165) is 25.7 Å². The summed E-state index contributed by atoms with van der Waals surface area (Å²) in [4.78, 5) is 45.8. The SMILES string of the molecule is C=CCCCOC(=O)[C@@H]1[C@H]2C(=O)N([C@@H](CO)CC(C)C)C(C(=O)N(CC=C)CCCCC)C23CC(C)[C@@]1(C)O3. The van der Waals surface area contributed by atoms with E-state index < -0.39 is 41.1 Å². The van der Waals surface area contributed by atoms with Crippen LogP contribution in [0.1, 0.15) is 79.6 Å². The molecule has 3 rings (SSSR count). The molecule has 3 aliphatic rings. The average molecular weight is 547 g/mol. The lowest BCUT2D eigenvalue weighted by Gasteiger charge is -2.40. The van der Waals surface area contributed by atoms with Crippen LogP contribution >= 0.6 is 0 Å². The van der Waals surface area contributed by atoms with Gasteiger partial charge in [0, 0.05) is 13.1 Å². The number of allylic oxidation sites excluding steroid dienone is 1. The fraction of sp³-hybridized carbons (Fsp3) is 0.774. The highest BCUT2D eigenvalue weighted by molar-refractivity contribution is 5.98. The van der Waals surface area contributed by atoms with E-state index in [0.29, 0.717) is 32.4 Å². The van der Waals surface area contributed by atoms with Crippen molar-refractivity contribution < 1.29 is 29.0 Å². The summed E-state index contributed by atoms with van der Waals surface area (Å²) < 4.78 is 12.5. The number of unbranched alkanes of at least 4 members (excludes halogenated alkanes) is 3. The average Bonchev–Trinajstić information content (AvgIpc) is 3.40. The monoisotopic (exact) mass is 546 g/mol. The van der Waals surface area contributed by atoms with Crippen molar-refractivity contribution in [2.45, 2.75) is 103 Å². The normalized spacial score (nSPS) is 31.9. The van der Waals surface area contributed by atoms with Gasteiger partial charge in [-0.1, -0.05) is 52.7 Å². The third kappa shape index (κ3) is 5.69. The van der Waals surface area contributed by atoms with Gasteiger partial charge in [-0.3, -0.25) is 14.4 Å². The Balaban J connectivity index is 2.07. The Bertz CT molecular complexity index is 921. The lowest BCUT2D eigenvalue weighted by Crippen LogP contribution is -2.59. The van der Waals surface area contributed by atoms with Gasteiger partial charge in [0.1, 0.15) is 17.6 Å².